The first-order valence-corrected chi connectivity index (χ1v) is 8.97. The average Bonchev–Trinajstić information content (AvgIpc) is 3.22. The van der Waals surface area contributed by atoms with Gasteiger partial charge in [-0.2, -0.15) is 13.2 Å². The number of rotatable bonds is 6. The molecule has 0 saturated carbocycles. The van der Waals surface area contributed by atoms with E-state index >= 15 is 0 Å². The molecule has 1 amide bonds. The van der Waals surface area contributed by atoms with E-state index in [1.54, 1.807) is 25.2 Å². The van der Waals surface area contributed by atoms with E-state index in [1.807, 2.05) is 0 Å². The van der Waals surface area contributed by atoms with Gasteiger partial charge in [-0.1, -0.05) is 24.3 Å². The molecule has 0 unspecified atom stereocenters. The first-order valence-electron chi connectivity index (χ1n) is 8.97. The van der Waals surface area contributed by atoms with Crippen molar-refractivity contribution < 1.29 is 31.9 Å². The molecule has 0 aliphatic heterocycles. The molecule has 0 aliphatic carbocycles. The molecular weight excluding hydrogens is 399 g/mol. The third-order valence-corrected chi connectivity index (χ3v) is 4.53. The van der Waals surface area contributed by atoms with Gasteiger partial charge in [0.15, 0.2) is 17.3 Å². The molecule has 0 fully saturated rings. The Balaban J connectivity index is 1.80. The summed E-state index contributed by atoms with van der Waals surface area (Å²) in [5.74, 6) is 0.839. The van der Waals surface area contributed by atoms with Gasteiger partial charge in [0.1, 0.15) is 5.76 Å². The number of halogens is 3. The van der Waals surface area contributed by atoms with Gasteiger partial charge in [0.25, 0.3) is 5.91 Å². The number of nitrogens with zero attached hydrogens (tertiary/aromatic N) is 1. The Kier molecular flexibility index (Phi) is 6.05. The van der Waals surface area contributed by atoms with Crippen molar-refractivity contribution in [3.05, 3.63) is 71.5 Å². The molecule has 2 aromatic carbocycles. The number of carbonyl (C=O) groups is 1. The molecule has 0 bridgehead atoms. The predicted molar refractivity (Wildman–Crippen MR) is 104 cm³/mol. The number of carbonyl (C=O) groups excluding carboxylic acids is 1. The second-order valence-corrected chi connectivity index (χ2v) is 6.56. The molecule has 5 nitrogen and oxygen atoms in total. The van der Waals surface area contributed by atoms with Crippen LogP contribution in [-0.2, 0) is 12.7 Å². The number of para-hydroxylation sites is 1. The van der Waals surface area contributed by atoms with Crippen molar-refractivity contribution in [3.8, 4) is 22.8 Å². The summed E-state index contributed by atoms with van der Waals surface area (Å²) in [6, 6.07) is 13.0. The standard InChI is InChI=1S/C22H20F3NO4/c1-26(13-15-7-5-9-18(28-2)20(15)29-3)21(27)19-11-10-17(30-19)14-6-4-8-16(12-14)22(23,24)25/h4-12H,13H2,1-3H3. The van der Waals surface area contributed by atoms with Gasteiger partial charge in [0.2, 0.25) is 0 Å². The van der Waals surface area contributed by atoms with E-state index in [4.69, 9.17) is 13.9 Å². The molecule has 8 heteroatoms. The van der Waals surface area contributed by atoms with Crippen LogP contribution in [0.2, 0.25) is 0 Å². The molecule has 158 valence electrons. The van der Waals surface area contributed by atoms with E-state index in [0.29, 0.717) is 11.5 Å². The van der Waals surface area contributed by atoms with Crippen molar-refractivity contribution in [1.29, 1.82) is 0 Å². The number of ether oxygens (including phenoxy) is 2. The summed E-state index contributed by atoms with van der Waals surface area (Å²) >= 11 is 0. The number of benzene rings is 2. The van der Waals surface area contributed by atoms with Gasteiger partial charge in [-0.15, -0.1) is 0 Å². The molecule has 3 rings (SSSR count). The maximum Gasteiger partial charge on any atom is 0.416 e. The van der Waals surface area contributed by atoms with E-state index in [0.717, 1.165) is 17.7 Å². The Hall–Kier alpha value is -3.42. The highest BCUT2D eigenvalue weighted by atomic mass is 19.4. The van der Waals surface area contributed by atoms with Gasteiger partial charge in [0.05, 0.1) is 19.8 Å². The van der Waals surface area contributed by atoms with E-state index in [1.165, 1.54) is 43.4 Å². The molecule has 0 saturated heterocycles. The fourth-order valence-electron chi connectivity index (χ4n) is 3.05. The fourth-order valence-corrected chi connectivity index (χ4v) is 3.05. The lowest BCUT2D eigenvalue weighted by molar-refractivity contribution is -0.137. The molecule has 3 aromatic rings. The number of furan rings is 1. The average molecular weight is 419 g/mol. The third kappa shape index (κ3) is 4.42. The quantitative estimate of drug-likeness (QED) is 0.547. The smallest absolute Gasteiger partial charge is 0.416 e. The Morgan fingerprint density at radius 2 is 1.77 bits per heavy atom. The normalized spacial score (nSPS) is 11.3. The number of hydrogen-bond acceptors (Lipinski definition) is 4. The Morgan fingerprint density at radius 3 is 2.43 bits per heavy atom. The van der Waals surface area contributed by atoms with Crippen LogP contribution in [0.5, 0.6) is 11.5 Å². The lowest BCUT2D eigenvalue weighted by Crippen LogP contribution is -2.26. The Morgan fingerprint density at radius 1 is 1.03 bits per heavy atom. The van der Waals surface area contributed by atoms with Gasteiger partial charge < -0.3 is 18.8 Å². The van der Waals surface area contributed by atoms with Crippen molar-refractivity contribution in [2.75, 3.05) is 21.3 Å². The summed E-state index contributed by atoms with van der Waals surface area (Å²) in [7, 11) is 4.62. The number of amides is 1. The van der Waals surface area contributed by atoms with E-state index in [2.05, 4.69) is 0 Å². The SMILES string of the molecule is COc1cccc(CN(C)C(=O)c2ccc(-c3cccc(C(F)(F)F)c3)o2)c1OC. The maximum absolute atomic E-state index is 12.9. The van der Waals surface area contributed by atoms with Gasteiger partial charge in [-0.05, 0) is 30.3 Å². The summed E-state index contributed by atoms with van der Waals surface area (Å²) in [6.45, 7) is 0.221. The van der Waals surface area contributed by atoms with Gasteiger partial charge in [0, 0.05) is 24.7 Å². The van der Waals surface area contributed by atoms with Gasteiger partial charge >= 0.3 is 6.18 Å². The largest absolute Gasteiger partial charge is 0.493 e. The topological polar surface area (TPSA) is 51.9 Å². The summed E-state index contributed by atoms with van der Waals surface area (Å²) < 4.78 is 55.0. The highest BCUT2D eigenvalue weighted by molar-refractivity contribution is 5.92. The molecule has 30 heavy (non-hydrogen) atoms. The van der Waals surface area contributed by atoms with Crippen LogP contribution in [-0.4, -0.2) is 32.1 Å². The van der Waals surface area contributed by atoms with Gasteiger partial charge in [-0.3, -0.25) is 4.79 Å². The van der Waals surface area contributed by atoms with Crippen molar-refractivity contribution in [2.45, 2.75) is 12.7 Å². The minimum Gasteiger partial charge on any atom is -0.493 e. The van der Waals surface area contributed by atoms with E-state index in [9.17, 15) is 18.0 Å². The number of hydrogen-bond donors (Lipinski definition) is 0. The molecule has 0 spiro atoms. The van der Waals surface area contributed by atoms with Crippen LogP contribution in [0.15, 0.2) is 59.0 Å². The predicted octanol–water partition coefficient (Wildman–Crippen LogP) is 5.25. The van der Waals surface area contributed by atoms with Crippen molar-refractivity contribution in [3.63, 3.8) is 0 Å². The Labute approximate surface area is 171 Å². The van der Waals surface area contributed by atoms with Crippen molar-refractivity contribution >= 4 is 5.91 Å². The fraction of sp³-hybridized carbons (Fsp3) is 0.227. The summed E-state index contributed by atoms with van der Waals surface area (Å²) in [5.41, 5.74) is 0.185. The zero-order chi connectivity index (χ0) is 21.9. The van der Waals surface area contributed by atoms with Crippen LogP contribution < -0.4 is 9.47 Å². The van der Waals surface area contributed by atoms with Crippen LogP contribution in [0.4, 0.5) is 13.2 Å². The minimum absolute atomic E-state index is 0.0202. The van der Waals surface area contributed by atoms with Crippen LogP contribution in [0.25, 0.3) is 11.3 Å². The first-order chi connectivity index (χ1) is 14.2. The van der Waals surface area contributed by atoms with Crippen molar-refractivity contribution in [2.24, 2.45) is 0 Å². The van der Waals surface area contributed by atoms with Gasteiger partial charge in [-0.25, -0.2) is 0 Å². The Bertz CT molecular complexity index is 1040. The van der Waals surface area contributed by atoms with Crippen LogP contribution >= 0.6 is 0 Å². The van der Waals surface area contributed by atoms with Crippen molar-refractivity contribution in [1.82, 2.24) is 4.90 Å². The highest BCUT2D eigenvalue weighted by Gasteiger charge is 2.30. The molecule has 0 atom stereocenters. The maximum atomic E-state index is 12.9. The second-order valence-electron chi connectivity index (χ2n) is 6.56. The molecule has 0 aliphatic rings. The third-order valence-electron chi connectivity index (χ3n) is 4.53. The monoisotopic (exact) mass is 419 g/mol. The molecule has 1 aromatic heterocycles. The first kappa shape index (κ1) is 21.3. The lowest BCUT2D eigenvalue weighted by Gasteiger charge is -2.19. The van der Waals surface area contributed by atoms with E-state index < -0.39 is 17.6 Å². The van der Waals surface area contributed by atoms with Crippen LogP contribution in [0, 0.1) is 0 Å². The minimum atomic E-state index is -4.46. The van der Waals surface area contributed by atoms with E-state index in [-0.39, 0.29) is 23.6 Å². The molecule has 0 N–H and O–H groups in total. The number of methoxy groups -OCH3 is 2. The van der Waals surface area contributed by atoms with Crippen LogP contribution in [0.3, 0.4) is 0 Å². The zero-order valence-electron chi connectivity index (χ0n) is 16.6. The summed E-state index contributed by atoms with van der Waals surface area (Å²) in [4.78, 5) is 14.2. The summed E-state index contributed by atoms with van der Waals surface area (Å²) in [5, 5.41) is 0. The molecule has 1 heterocycles. The van der Waals surface area contributed by atoms with Crippen LogP contribution in [0.1, 0.15) is 21.7 Å². The number of alkyl halides is 3. The molecular formula is C22H20F3NO4. The highest BCUT2D eigenvalue weighted by Crippen LogP contribution is 2.33. The second kappa shape index (κ2) is 8.52. The zero-order valence-corrected chi connectivity index (χ0v) is 16.6. The lowest BCUT2D eigenvalue weighted by atomic mass is 10.1. The molecule has 0 radical (unpaired) electrons. The summed E-state index contributed by atoms with van der Waals surface area (Å²) in [6.07, 6.45) is -4.46.